The van der Waals surface area contributed by atoms with Crippen molar-refractivity contribution in [2.45, 2.75) is 30.6 Å². The number of aliphatic hydroxyl groups is 1. The maximum Gasteiger partial charge on any atom is 0.410 e. The molecule has 3 fully saturated rings. The molecule has 1 aromatic rings. The number of aliphatic hydroxyl groups excluding tert-OH is 1. The lowest BCUT2D eigenvalue weighted by Crippen LogP contribution is -2.54. The van der Waals surface area contributed by atoms with Gasteiger partial charge in [-0.05, 0) is 18.6 Å². The molecule has 0 aromatic heterocycles. The zero-order chi connectivity index (χ0) is 17.0. The highest BCUT2D eigenvalue weighted by Crippen LogP contribution is 2.45. The number of amides is 1. The Morgan fingerprint density at radius 1 is 1.25 bits per heavy atom. The Kier molecular flexibility index (Phi) is 4.03. The van der Waals surface area contributed by atoms with Crippen LogP contribution >= 0.6 is 23.2 Å². The molecule has 24 heavy (non-hydrogen) atoms. The van der Waals surface area contributed by atoms with E-state index in [0.717, 1.165) is 0 Å². The molecule has 3 aliphatic rings. The molecule has 0 radical (unpaired) electrons. The fourth-order valence-electron chi connectivity index (χ4n) is 3.96. The van der Waals surface area contributed by atoms with Gasteiger partial charge in [-0.15, -0.1) is 0 Å². The van der Waals surface area contributed by atoms with Gasteiger partial charge in [0.15, 0.2) is 0 Å². The van der Waals surface area contributed by atoms with E-state index in [1.165, 1.54) is 6.07 Å². The number of aromatic hydroxyl groups is 1. The van der Waals surface area contributed by atoms with Crippen molar-refractivity contribution < 1.29 is 19.7 Å². The number of phenols is 1. The van der Waals surface area contributed by atoms with Crippen LogP contribution < -0.4 is 0 Å². The van der Waals surface area contributed by atoms with Crippen molar-refractivity contribution in [3.8, 4) is 5.75 Å². The molecule has 3 aliphatic heterocycles. The first-order valence-electron chi connectivity index (χ1n) is 7.98. The number of carbonyl (C=O) groups is 1. The maximum absolute atomic E-state index is 12.1. The molecule has 0 saturated carbocycles. The molecule has 1 unspecified atom stereocenters. The fourth-order valence-corrected chi connectivity index (χ4v) is 4.44. The summed E-state index contributed by atoms with van der Waals surface area (Å²) >= 11 is 12.3. The van der Waals surface area contributed by atoms with Crippen molar-refractivity contribution in [2.24, 2.45) is 0 Å². The molecule has 6 nitrogen and oxygen atoms in total. The van der Waals surface area contributed by atoms with Crippen LogP contribution in [0.4, 0.5) is 4.79 Å². The van der Waals surface area contributed by atoms with Gasteiger partial charge in [-0.2, -0.15) is 0 Å². The molecule has 3 saturated heterocycles. The van der Waals surface area contributed by atoms with Gasteiger partial charge in [0.05, 0.1) is 22.2 Å². The summed E-state index contributed by atoms with van der Waals surface area (Å²) in [5, 5.41) is 20.3. The Labute approximate surface area is 149 Å². The lowest BCUT2D eigenvalue weighted by molar-refractivity contribution is -0.0214. The van der Waals surface area contributed by atoms with Crippen LogP contribution in [0.1, 0.15) is 17.9 Å². The van der Waals surface area contributed by atoms with E-state index >= 15 is 0 Å². The van der Waals surface area contributed by atoms with E-state index < -0.39 is 0 Å². The van der Waals surface area contributed by atoms with Crippen LogP contribution in [0.15, 0.2) is 12.1 Å². The number of cyclic esters (lactones) is 1. The predicted octanol–water partition coefficient (Wildman–Crippen LogP) is 2.05. The molecular formula is C16H18Cl2N2O4. The molecule has 0 bridgehead atoms. The van der Waals surface area contributed by atoms with Crippen LogP contribution in [0.3, 0.4) is 0 Å². The largest absolute Gasteiger partial charge is 0.508 e. The van der Waals surface area contributed by atoms with Crippen LogP contribution in [0.2, 0.25) is 10.0 Å². The Hall–Kier alpha value is -1.21. The van der Waals surface area contributed by atoms with Crippen LogP contribution in [0.5, 0.6) is 5.75 Å². The number of nitrogens with zero attached hydrogens (tertiary/aromatic N) is 2. The minimum Gasteiger partial charge on any atom is -0.508 e. The molecule has 8 heteroatoms. The van der Waals surface area contributed by atoms with Crippen molar-refractivity contribution in [3.63, 3.8) is 0 Å². The third kappa shape index (κ3) is 2.62. The summed E-state index contributed by atoms with van der Waals surface area (Å²) in [5.41, 5.74) is 0.601. The quantitative estimate of drug-likeness (QED) is 0.849. The number of likely N-dealkylation sites (tertiary alicyclic amines) is 1. The lowest BCUT2D eigenvalue weighted by Gasteiger charge is -2.37. The van der Waals surface area contributed by atoms with Gasteiger partial charge in [-0.1, -0.05) is 23.2 Å². The number of β-amino-alcohol motifs (C(OH)–C–C–N with tert-alkyl or cyclic N) is 1. The van der Waals surface area contributed by atoms with E-state index in [9.17, 15) is 15.0 Å². The highest BCUT2D eigenvalue weighted by Gasteiger charge is 2.50. The van der Waals surface area contributed by atoms with E-state index in [2.05, 4.69) is 4.90 Å². The predicted molar refractivity (Wildman–Crippen MR) is 88.7 cm³/mol. The monoisotopic (exact) mass is 372 g/mol. The summed E-state index contributed by atoms with van der Waals surface area (Å²) in [6.07, 6.45) is -0.168. The number of benzene rings is 1. The van der Waals surface area contributed by atoms with E-state index in [0.29, 0.717) is 48.2 Å². The Morgan fingerprint density at radius 2 is 2.00 bits per heavy atom. The number of hydrogen-bond donors (Lipinski definition) is 2. The van der Waals surface area contributed by atoms with Gasteiger partial charge in [0.2, 0.25) is 0 Å². The maximum atomic E-state index is 12.1. The number of halogens is 2. The zero-order valence-electron chi connectivity index (χ0n) is 12.9. The van der Waals surface area contributed by atoms with Gasteiger partial charge < -0.3 is 19.8 Å². The number of hydrogen-bond acceptors (Lipinski definition) is 5. The Morgan fingerprint density at radius 3 is 2.71 bits per heavy atom. The second kappa shape index (κ2) is 5.95. The second-order valence-electron chi connectivity index (χ2n) is 6.74. The third-order valence-electron chi connectivity index (χ3n) is 5.15. The molecule has 0 aliphatic carbocycles. The molecule has 4 rings (SSSR count). The summed E-state index contributed by atoms with van der Waals surface area (Å²) < 4.78 is 5.48. The van der Waals surface area contributed by atoms with E-state index in [1.54, 1.807) is 11.0 Å². The second-order valence-corrected chi connectivity index (χ2v) is 7.53. The van der Waals surface area contributed by atoms with Crippen molar-refractivity contribution in [1.82, 2.24) is 9.80 Å². The zero-order valence-corrected chi connectivity index (χ0v) is 14.4. The number of fused-ring (bicyclic) bond motifs is 1. The van der Waals surface area contributed by atoms with E-state index in [4.69, 9.17) is 27.9 Å². The number of phenolic OH excluding ortho intramolecular Hbond substituents is 1. The van der Waals surface area contributed by atoms with Crippen molar-refractivity contribution >= 4 is 29.3 Å². The molecule has 1 aromatic carbocycles. The molecular weight excluding hydrogens is 355 g/mol. The van der Waals surface area contributed by atoms with E-state index in [-0.39, 0.29) is 36.0 Å². The third-order valence-corrected chi connectivity index (χ3v) is 5.97. The van der Waals surface area contributed by atoms with Crippen molar-refractivity contribution in [3.05, 3.63) is 27.7 Å². The minimum atomic E-state index is -0.328. The lowest BCUT2D eigenvalue weighted by atomic mass is 9.93. The number of ether oxygens (including phenoxy) is 1. The number of carbonyl (C=O) groups excluding carboxylic acids is 1. The topological polar surface area (TPSA) is 73.2 Å². The first-order chi connectivity index (χ1) is 11.4. The van der Waals surface area contributed by atoms with Gasteiger partial charge in [-0.25, -0.2) is 4.79 Å². The molecule has 0 spiro atoms. The Bertz CT molecular complexity index is 680. The highest BCUT2D eigenvalue weighted by atomic mass is 35.5. The summed E-state index contributed by atoms with van der Waals surface area (Å²) in [7, 11) is 0. The summed E-state index contributed by atoms with van der Waals surface area (Å²) in [5.74, 6) is 0.0323. The van der Waals surface area contributed by atoms with Crippen molar-refractivity contribution in [1.29, 1.82) is 0 Å². The number of rotatable bonds is 3. The van der Waals surface area contributed by atoms with Gasteiger partial charge in [0.1, 0.15) is 11.9 Å². The van der Waals surface area contributed by atoms with Crippen LogP contribution in [-0.4, -0.2) is 70.5 Å². The molecule has 3 atom stereocenters. The van der Waals surface area contributed by atoms with Gasteiger partial charge in [-0.3, -0.25) is 4.90 Å². The van der Waals surface area contributed by atoms with Crippen LogP contribution in [0, 0.1) is 0 Å². The summed E-state index contributed by atoms with van der Waals surface area (Å²) in [6, 6.07) is 3.05. The molecule has 3 heterocycles. The van der Waals surface area contributed by atoms with Crippen LogP contribution in [0.25, 0.3) is 0 Å². The van der Waals surface area contributed by atoms with Gasteiger partial charge in [0.25, 0.3) is 0 Å². The molecule has 130 valence electrons. The summed E-state index contributed by atoms with van der Waals surface area (Å²) in [4.78, 5) is 15.9. The van der Waals surface area contributed by atoms with E-state index in [1.807, 2.05) is 0 Å². The summed E-state index contributed by atoms with van der Waals surface area (Å²) in [6.45, 7) is 2.30. The smallest absolute Gasteiger partial charge is 0.410 e. The van der Waals surface area contributed by atoms with Crippen LogP contribution in [-0.2, 0) is 4.74 Å². The normalized spacial score (nSPS) is 30.4. The van der Waals surface area contributed by atoms with Gasteiger partial charge in [0, 0.05) is 37.7 Å². The first kappa shape index (κ1) is 16.3. The van der Waals surface area contributed by atoms with Crippen molar-refractivity contribution in [2.75, 3.05) is 26.2 Å². The Balaban J connectivity index is 1.53. The molecule has 2 N–H and O–H groups in total. The SMILES string of the molecule is O=C1OC(CN2CC(O)C2)[C@@H]2C[C@H](c3c(O)ccc(Cl)c3Cl)CN12. The first-order valence-corrected chi connectivity index (χ1v) is 8.74. The highest BCUT2D eigenvalue weighted by molar-refractivity contribution is 6.42. The average molecular weight is 373 g/mol. The average Bonchev–Trinajstić information content (AvgIpc) is 3.04. The fraction of sp³-hybridized carbons (Fsp3) is 0.562. The standard InChI is InChI=1S/C16H18Cl2N2O4/c17-10-1-2-12(22)14(15(10)18)8-3-11-13(7-19-5-9(21)6-19)24-16(23)20(11)4-8/h1-2,8-9,11,13,21-22H,3-7H2/t8-,11-,13?/m0/s1. The molecule has 1 amide bonds. The minimum absolute atomic E-state index is 0.0466. The van der Waals surface area contributed by atoms with Gasteiger partial charge >= 0.3 is 6.09 Å².